The van der Waals surface area contributed by atoms with Crippen LogP contribution in [0.25, 0.3) is 21.2 Å². The van der Waals surface area contributed by atoms with Crippen LogP contribution in [0.3, 0.4) is 0 Å². The zero-order chi connectivity index (χ0) is 23.0. The molecule has 3 aromatic heterocycles. The highest BCUT2D eigenvalue weighted by Gasteiger charge is 2.22. The lowest BCUT2D eigenvalue weighted by atomic mass is 10.1. The molecule has 1 atom stereocenters. The normalized spacial score (nSPS) is 12.5. The molecule has 4 rings (SSSR count). The summed E-state index contributed by atoms with van der Waals surface area (Å²) >= 11 is 3.01. The first kappa shape index (κ1) is 22.6. The Morgan fingerprint density at radius 3 is 2.81 bits per heavy atom. The number of rotatable bonds is 7. The van der Waals surface area contributed by atoms with Gasteiger partial charge in [0.15, 0.2) is 0 Å². The van der Waals surface area contributed by atoms with Gasteiger partial charge >= 0.3 is 0 Å². The number of carbonyl (C=O) groups excluding carboxylic acids is 1. The molecule has 0 aliphatic heterocycles. The number of nitrogens with zero attached hydrogens (tertiary/aromatic N) is 2. The number of furan rings is 1. The molecule has 8 heteroatoms. The van der Waals surface area contributed by atoms with E-state index in [1.54, 1.807) is 4.90 Å². The first-order valence-corrected chi connectivity index (χ1v) is 12.5. The van der Waals surface area contributed by atoms with E-state index in [4.69, 9.17) is 4.42 Å². The first-order chi connectivity index (χ1) is 15.3. The number of benzene rings is 1. The Kier molecular flexibility index (Phi) is 6.44. The molecule has 4 aromatic rings. The Bertz CT molecular complexity index is 1350. The predicted octanol–water partition coefficient (Wildman–Crippen LogP) is 5.19. The molecule has 0 spiro atoms. The standard InChI is InChI=1S/C24H27N3O3S2/c1-6-18-17(16-9-7-8-10-19(16)30-18)11-27(5)24(29)15(4)31-12-20-25-22(28)21-13(2)14(3)32-23(21)26-20/h7-10,15H,6,11-12H2,1-5H3,(H,25,26,28). The summed E-state index contributed by atoms with van der Waals surface area (Å²) < 4.78 is 5.97. The molecule has 0 radical (unpaired) electrons. The molecule has 1 aromatic carbocycles. The predicted molar refractivity (Wildman–Crippen MR) is 133 cm³/mol. The summed E-state index contributed by atoms with van der Waals surface area (Å²) in [6.07, 6.45) is 0.777. The number of carbonyl (C=O) groups is 1. The molecule has 6 nitrogen and oxygen atoms in total. The lowest BCUT2D eigenvalue weighted by Gasteiger charge is -2.21. The number of hydrogen-bond donors (Lipinski definition) is 1. The third kappa shape index (κ3) is 4.21. The van der Waals surface area contributed by atoms with Crippen molar-refractivity contribution in [1.29, 1.82) is 0 Å². The van der Waals surface area contributed by atoms with E-state index >= 15 is 0 Å². The third-order valence-electron chi connectivity index (χ3n) is 5.78. The largest absolute Gasteiger partial charge is 0.461 e. The quantitative estimate of drug-likeness (QED) is 0.403. The Balaban J connectivity index is 1.45. The van der Waals surface area contributed by atoms with Crippen LogP contribution in [0.1, 0.15) is 41.4 Å². The van der Waals surface area contributed by atoms with E-state index in [9.17, 15) is 9.59 Å². The number of aromatic amines is 1. The molecule has 3 heterocycles. The van der Waals surface area contributed by atoms with E-state index in [1.165, 1.54) is 23.1 Å². The Morgan fingerprint density at radius 1 is 1.31 bits per heavy atom. The van der Waals surface area contributed by atoms with Gasteiger partial charge in [-0.2, -0.15) is 0 Å². The van der Waals surface area contributed by atoms with Crippen LogP contribution in [0.5, 0.6) is 0 Å². The molecule has 32 heavy (non-hydrogen) atoms. The zero-order valence-corrected chi connectivity index (χ0v) is 20.6. The zero-order valence-electron chi connectivity index (χ0n) is 18.9. The summed E-state index contributed by atoms with van der Waals surface area (Å²) in [6, 6.07) is 7.94. The number of para-hydroxylation sites is 1. The van der Waals surface area contributed by atoms with Crippen LogP contribution in [-0.2, 0) is 23.5 Å². The summed E-state index contributed by atoms with van der Waals surface area (Å²) in [4.78, 5) is 36.6. The lowest BCUT2D eigenvalue weighted by molar-refractivity contribution is -0.129. The van der Waals surface area contributed by atoms with Gasteiger partial charge in [-0.25, -0.2) is 4.98 Å². The highest BCUT2D eigenvalue weighted by Crippen LogP contribution is 2.29. The Morgan fingerprint density at radius 2 is 2.06 bits per heavy atom. The van der Waals surface area contributed by atoms with E-state index < -0.39 is 0 Å². The minimum Gasteiger partial charge on any atom is -0.461 e. The van der Waals surface area contributed by atoms with Crippen molar-refractivity contribution >= 4 is 50.2 Å². The third-order valence-corrected chi connectivity index (χ3v) is 8.02. The highest BCUT2D eigenvalue weighted by molar-refractivity contribution is 7.99. The van der Waals surface area contributed by atoms with Crippen molar-refractivity contribution in [2.24, 2.45) is 0 Å². The van der Waals surface area contributed by atoms with Crippen LogP contribution in [0.2, 0.25) is 0 Å². The molecule has 0 saturated heterocycles. The summed E-state index contributed by atoms with van der Waals surface area (Å²) in [7, 11) is 1.82. The fourth-order valence-electron chi connectivity index (χ4n) is 3.88. The maximum Gasteiger partial charge on any atom is 0.259 e. The van der Waals surface area contributed by atoms with Crippen molar-refractivity contribution in [2.75, 3.05) is 7.05 Å². The number of aromatic nitrogens is 2. The number of thioether (sulfide) groups is 1. The van der Waals surface area contributed by atoms with Crippen LogP contribution >= 0.6 is 23.1 Å². The Labute approximate surface area is 195 Å². The number of fused-ring (bicyclic) bond motifs is 2. The summed E-state index contributed by atoms with van der Waals surface area (Å²) in [6.45, 7) is 8.40. The van der Waals surface area contributed by atoms with Crippen LogP contribution in [0, 0.1) is 13.8 Å². The average molecular weight is 470 g/mol. The molecular weight excluding hydrogens is 442 g/mol. The average Bonchev–Trinajstić information content (AvgIpc) is 3.28. The van der Waals surface area contributed by atoms with Gasteiger partial charge in [-0.15, -0.1) is 23.1 Å². The van der Waals surface area contributed by atoms with Crippen LogP contribution < -0.4 is 5.56 Å². The number of amides is 1. The molecule has 1 N–H and O–H groups in total. The van der Waals surface area contributed by atoms with Crippen molar-refractivity contribution in [2.45, 2.75) is 51.7 Å². The topological polar surface area (TPSA) is 79.2 Å². The van der Waals surface area contributed by atoms with E-state index in [-0.39, 0.29) is 16.7 Å². The highest BCUT2D eigenvalue weighted by atomic mass is 32.2. The minimum atomic E-state index is -0.268. The van der Waals surface area contributed by atoms with Crippen molar-refractivity contribution in [3.05, 3.63) is 62.2 Å². The van der Waals surface area contributed by atoms with Gasteiger partial charge in [0.1, 0.15) is 22.0 Å². The number of nitrogens with one attached hydrogen (secondary N) is 1. The van der Waals surface area contributed by atoms with Gasteiger partial charge in [0.05, 0.1) is 16.4 Å². The van der Waals surface area contributed by atoms with Gasteiger partial charge in [-0.3, -0.25) is 9.59 Å². The van der Waals surface area contributed by atoms with Crippen LogP contribution in [0.4, 0.5) is 0 Å². The van der Waals surface area contributed by atoms with Crippen molar-refractivity contribution in [3.8, 4) is 0 Å². The van der Waals surface area contributed by atoms with Gasteiger partial charge in [0, 0.05) is 35.8 Å². The second kappa shape index (κ2) is 9.11. The lowest BCUT2D eigenvalue weighted by Crippen LogP contribution is -2.33. The van der Waals surface area contributed by atoms with E-state index in [0.29, 0.717) is 23.5 Å². The van der Waals surface area contributed by atoms with E-state index in [2.05, 4.69) is 16.9 Å². The molecule has 0 fully saturated rings. The van der Waals surface area contributed by atoms with Gasteiger partial charge < -0.3 is 14.3 Å². The van der Waals surface area contributed by atoms with Crippen LogP contribution in [-0.4, -0.2) is 33.1 Å². The van der Waals surface area contributed by atoms with Gasteiger partial charge in [0.25, 0.3) is 5.56 Å². The van der Waals surface area contributed by atoms with Crippen molar-refractivity contribution in [1.82, 2.24) is 14.9 Å². The molecule has 168 valence electrons. The fraction of sp³-hybridized carbons (Fsp3) is 0.375. The van der Waals surface area contributed by atoms with Gasteiger partial charge in [-0.05, 0) is 32.4 Å². The smallest absolute Gasteiger partial charge is 0.259 e. The molecule has 0 saturated carbocycles. The van der Waals surface area contributed by atoms with Crippen molar-refractivity contribution < 1.29 is 9.21 Å². The molecule has 0 bridgehead atoms. The monoisotopic (exact) mass is 469 g/mol. The molecule has 1 amide bonds. The molecule has 0 aliphatic rings. The van der Waals surface area contributed by atoms with Gasteiger partial charge in [0.2, 0.25) is 5.91 Å². The SMILES string of the molecule is CCc1oc2ccccc2c1CN(C)C(=O)C(C)SCc1nc2sc(C)c(C)c2c(=O)[nH]1. The van der Waals surface area contributed by atoms with E-state index in [0.717, 1.165) is 44.0 Å². The summed E-state index contributed by atoms with van der Waals surface area (Å²) in [5.41, 5.74) is 2.80. The minimum absolute atomic E-state index is 0.0357. The summed E-state index contributed by atoms with van der Waals surface area (Å²) in [5, 5.41) is 1.46. The molecular formula is C24H27N3O3S2. The van der Waals surface area contributed by atoms with Gasteiger partial charge in [-0.1, -0.05) is 25.1 Å². The maximum atomic E-state index is 13.0. The number of hydrogen-bond acceptors (Lipinski definition) is 6. The van der Waals surface area contributed by atoms with Crippen molar-refractivity contribution in [3.63, 3.8) is 0 Å². The fourth-order valence-corrected chi connectivity index (χ4v) is 5.79. The second-order valence-corrected chi connectivity index (χ2v) is 10.5. The van der Waals surface area contributed by atoms with E-state index in [1.807, 2.05) is 52.1 Å². The summed E-state index contributed by atoms with van der Waals surface area (Å²) in [5.74, 6) is 2.03. The first-order valence-electron chi connectivity index (χ1n) is 10.6. The Hall–Kier alpha value is -2.58. The molecule has 0 aliphatic carbocycles. The number of H-pyrrole nitrogens is 1. The maximum absolute atomic E-state index is 13.0. The molecule has 1 unspecified atom stereocenters. The number of aryl methyl sites for hydroxylation is 3. The second-order valence-electron chi connectivity index (χ2n) is 7.98. The van der Waals surface area contributed by atoms with Crippen LogP contribution in [0.15, 0.2) is 33.5 Å². The number of thiophene rings is 1.